The zero-order valence-electron chi connectivity index (χ0n) is 10.2. The smallest absolute Gasteiger partial charge is 0.203 e. The molecule has 0 aliphatic carbocycles. The second kappa shape index (κ2) is 3.77. The molecule has 0 spiro atoms. The third kappa shape index (κ3) is 1.52. The first kappa shape index (κ1) is 10.1. The first-order valence-electron chi connectivity index (χ1n) is 6.32. The molecule has 0 saturated carbocycles. The molecule has 0 atom stereocenters. The van der Waals surface area contributed by atoms with Gasteiger partial charge in [0.15, 0.2) is 0 Å². The highest BCUT2D eigenvalue weighted by atomic mass is 15.3. The number of anilines is 1. The highest BCUT2D eigenvalue weighted by Gasteiger charge is 2.26. The molecule has 1 aromatic rings. The van der Waals surface area contributed by atoms with Crippen LogP contribution in [0.2, 0.25) is 0 Å². The summed E-state index contributed by atoms with van der Waals surface area (Å²) in [6, 6.07) is 0.635. The molecule has 0 aromatic carbocycles. The number of nitrogens with zero attached hydrogens (tertiary/aromatic N) is 3. The maximum Gasteiger partial charge on any atom is 0.203 e. The van der Waals surface area contributed by atoms with Crippen LogP contribution in [0, 0.1) is 0 Å². The predicted octanol–water partition coefficient (Wildman–Crippen LogP) is 1.47. The molecule has 88 valence electrons. The fraction of sp³-hybridized carbons (Fsp3) is 0.750. The topological polar surface area (TPSA) is 33.1 Å². The van der Waals surface area contributed by atoms with E-state index >= 15 is 0 Å². The van der Waals surface area contributed by atoms with Crippen molar-refractivity contribution in [3.05, 3.63) is 11.4 Å². The maximum atomic E-state index is 4.71. The van der Waals surface area contributed by atoms with Crippen LogP contribution in [0.15, 0.2) is 0 Å². The summed E-state index contributed by atoms with van der Waals surface area (Å²) in [5.74, 6) is 1.10. The summed E-state index contributed by atoms with van der Waals surface area (Å²) in [7, 11) is 0. The molecule has 3 rings (SSSR count). The largest absolute Gasteiger partial charge is 0.356 e. The predicted molar refractivity (Wildman–Crippen MR) is 64.6 cm³/mol. The van der Waals surface area contributed by atoms with Crippen molar-refractivity contribution in [3.8, 4) is 0 Å². The van der Waals surface area contributed by atoms with Gasteiger partial charge in [-0.1, -0.05) is 0 Å². The Hall–Kier alpha value is -1.03. The Balaban J connectivity index is 1.93. The Morgan fingerprint density at radius 1 is 1.31 bits per heavy atom. The Morgan fingerprint density at radius 3 is 3.00 bits per heavy atom. The monoisotopic (exact) mass is 220 g/mol. The molecular weight excluding hydrogens is 200 g/mol. The maximum absolute atomic E-state index is 4.71. The van der Waals surface area contributed by atoms with Crippen molar-refractivity contribution in [2.45, 2.75) is 45.8 Å². The first-order valence-corrected chi connectivity index (χ1v) is 6.32. The lowest BCUT2D eigenvalue weighted by Gasteiger charge is -2.31. The molecule has 0 radical (unpaired) electrons. The number of hydrogen-bond acceptors (Lipinski definition) is 3. The highest BCUT2D eigenvalue weighted by molar-refractivity contribution is 5.36. The van der Waals surface area contributed by atoms with Gasteiger partial charge in [0, 0.05) is 38.6 Å². The van der Waals surface area contributed by atoms with Crippen LogP contribution >= 0.6 is 0 Å². The van der Waals surface area contributed by atoms with E-state index in [-0.39, 0.29) is 0 Å². The minimum absolute atomic E-state index is 0.635. The van der Waals surface area contributed by atoms with Crippen LogP contribution < -0.4 is 5.32 Å². The minimum atomic E-state index is 0.635. The molecule has 0 amide bonds. The molecule has 2 aliphatic heterocycles. The molecule has 3 heterocycles. The summed E-state index contributed by atoms with van der Waals surface area (Å²) < 4.78 is 2.38. The Bertz CT molecular complexity index is 394. The first-order chi connectivity index (χ1) is 7.75. The van der Waals surface area contributed by atoms with Gasteiger partial charge in [0.1, 0.15) is 0 Å². The molecule has 16 heavy (non-hydrogen) atoms. The van der Waals surface area contributed by atoms with Crippen molar-refractivity contribution >= 4 is 5.95 Å². The van der Waals surface area contributed by atoms with E-state index in [2.05, 4.69) is 28.6 Å². The minimum Gasteiger partial charge on any atom is -0.356 e. The van der Waals surface area contributed by atoms with E-state index in [0.717, 1.165) is 38.5 Å². The van der Waals surface area contributed by atoms with Crippen molar-refractivity contribution in [1.29, 1.82) is 0 Å². The van der Waals surface area contributed by atoms with Crippen LogP contribution in [-0.2, 0) is 19.5 Å². The third-order valence-corrected chi connectivity index (χ3v) is 3.72. The zero-order valence-corrected chi connectivity index (χ0v) is 10.2. The van der Waals surface area contributed by atoms with Gasteiger partial charge in [-0.25, -0.2) is 4.98 Å². The van der Waals surface area contributed by atoms with Gasteiger partial charge in [0.2, 0.25) is 5.95 Å². The van der Waals surface area contributed by atoms with E-state index in [0.29, 0.717) is 6.04 Å². The van der Waals surface area contributed by atoms with Crippen molar-refractivity contribution in [2.75, 3.05) is 18.4 Å². The van der Waals surface area contributed by atoms with Gasteiger partial charge in [-0.3, -0.25) is 4.90 Å². The van der Waals surface area contributed by atoms with Crippen LogP contribution in [0.1, 0.15) is 31.7 Å². The number of imidazole rings is 1. The van der Waals surface area contributed by atoms with Gasteiger partial charge in [-0.2, -0.15) is 0 Å². The number of fused-ring (bicyclic) bond motifs is 3. The SMILES string of the molecule is CC(C)N1CCc2nc3n(c2C1)CCCN3. The number of rotatable bonds is 1. The summed E-state index contributed by atoms with van der Waals surface area (Å²) >= 11 is 0. The summed E-state index contributed by atoms with van der Waals surface area (Å²) in [6.07, 6.45) is 2.33. The molecule has 0 fully saturated rings. The van der Waals surface area contributed by atoms with Gasteiger partial charge in [-0.15, -0.1) is 0 Å². The quantitative estimate of drug-likeness (QED) is 0.778. The molecular formula is C12H20N4. The lowest BCUT2D eigenvalue weighted by Crippen LogP contribution is -2.37. The number of hydrogen-bond donors (Lipinski definition) is 1. The summed E-state index contributed by atoms with van der Waals surface area (Å²) in [5.41, 5.74) is 2.77. The lowest BCUT2D eigenvalue weighted by atomic mass is 10.1. The fourth-order valence-electron chi connectivity index (χ4n) is 2.69. The van der Waals surface area contributed by atoms with Crippen LogP contribution in [0.25, 0.3) is 0 Å². The molecule has 0 saturated heterocycles. The standard InChI is InChI=1S/C12H20N4/c1-9(2)15-7-4-10-11(8-15)16-6-3-5-13-12(16)14-10/h9H,3-8H2,1-2H3,(H,13,14). The molecule has 0 unspecified atom stereocenters. The van der Waals surface area contributed by atoms with E-state index in [4.69, 9.17) is 4.98 Å². The van der Waals surface area contributed by atoms with E-state index in [1.165, 1.54) is 17.8 Å². The highest BCUT2D eigenvalue weighted by Crippen LogP contribution is 2.26. The molecule has 1 aromatic heterocycles. The second-order valence-corrected chi connectivity index (χ2v) is 5.07. The van der Waals surface area contributed by atoms with Gasteiger partial charge >= 0.3 is 0 Å². The van der Waals surface area contributed by atoms with Gasteiger partial charge in [-0.05, 0) is 20.3 Å². The van der Waals surface area contributed by atoms with E-state index in [9.17, 15) is 0 Å². The van der Waals surface area contributed by atoms with Gasteiger partial charge in [0.25, 0.3) is 0 Å². The van der Waals surface area contributed by atoms with E-state index < -0.39 is 0 Å². The Kier molecular flexibility index (Phi) is 2.39. The molecule has 1 N–H and O–H groups in total. The van der Waals surface area contributed by atoms with E-state index in [1.807, 2.05) is 0 Å². The summed E-state index contributed by atoms with van der Waals surface area (Å²) in [6.45, 7) is 8.98. The number of nitrogens with one attached hydrogen (secondary N) is 1. The molecule has 4 nitrogen and oxygen atoms in total. The van der Waals surface area contributed by atoms with Crippen molar-refractivity contribution in [2.24, 2.45) is 0 Å². The molecule has 2 aliphatic rings. The van der Waals surface area contributed by atoms with Crippen molar-refractivity contribution in [3.63, 3.8) is 0 Å². The second-order valence-electron chi connectivity index (χ2n) is 5.07. The Morgan fingerprint density at radius 2 is 2.19 bits per heavy atom. The third-order valence-electron chi connectivity index (χ3n) is 3.72. The zero-order chi connectivity index (χ0) is 11.1. The average molecular weight is 220 g/mol. The van der Waals surface area contributed by atoms with Crippen LogP contribution in [0.5, 0.6) is 0 Å². The molecule has 0 bridgehead atoms. The lowest BCUT2D eigenvalue weighted by molar-refractivity contribution is 0.196. The van der Waals surface area contributed by atoms with Gasteiger partial charge in [0.05, 0.1) is 11.4 Å². The fourth-order valence-corrected chi connectivity index (χ4v) is 2.69. The van der Waals surface area contributed by atoms with Crippen molar-refractivity contribution in [1.82, 2.24) is 14.5 Å². The van der Waals surface area contributed by atoms with Crippen molar-refractivity contribution < 1.29 is 0 Å². The van der Waals surface area contributed by atoms with Crippen LogP contribution in [0.3, 0.4) is 0 Å². The van der Waals surface area contributed by atoms with E-state index in [1.54, 1.807) is 0 Å². The van der Waals surface area contributed by atoms with Gasteiger partial charge < -0.3 is 9.88 Å². The average Bonchev–Trinajstić information content (AvgIpc) is 2.66. The normalized spacial score (nSPS) is 20.4. The summed E-state index contributed by atoms with van der Waals surface area (Å²) in [5, 5.41) is 3.40. The molecule has 4 heteroatoms. The Labute approximate surface area is 96.7 Å². The van der Waals surface area contributed by atoms with Crippen LogP contribution in [0.4, 0.5) is 5.95 Å². The summed E-state index contributed by atoms with van der Waals surface area (Å²) in [4.78, 5) is 7.24. The van der Waals surface area contributed by atoms with Crippen LogP contribution in [-0.4, -0.2) is 33.6 Å². The number of aromatic nitrogens is 2.